The monoisotopic (exact) mass is 282 g/mol. The summed E-state index contributed by atoms with van der Waals surface area (Å²) >= 11 is 0. The van der Waals surface area contributed by atoms with E-state index < -0.39 is 29.7 Å². The SMILES string of the molecule is COC(=O)CCc1ccc(C(F)F)c(C(F)(F)F)c1. The number of hydrogen-bond acceptors (Lipinski definition) is 2. The second kappa shape index (κ2) is 5.99. The molecule has 2 nitrogen and oxygen atoms in total. The molecule has 0 unspecified atom stereocenters. The van der Waals surface area contributed by atoms with Crippen LogP contribution in [0.1, 0.15) is 29.5 Å². The number of benzene rings is 1. The molecule has 0 saturated carbocycles. The third-order valence-electron chi connectivity index (χ3n) is 2.50. The Morgan fingerprint density at radius 1 is 1.32 bits per heavy atom. The second-order valence-corrected chi connectivity index (χ2v) is 3.80. The van der Waals surface area contributed by atoms with Gasteiger partial charge in [0.25, 0.3) is 6.43 Å². The molecule has 0 heterocycles. The van der Waals surface area contributed by atoms with Crippen molar-refractivity contribution in [3.8, 4) is 0 Å². The van der Waals surface area contributed by atoms with Crippen LogP contribution in [0.3, 0.4) is 0 Å². The molecule has 1 aromatic carbocycles. The zero-order valence-electron chi connectivity index (χ0n) is 9.93. The van der Waals surface area contributed by atoms with Gasteiger partial charge in [0.1, 0.15) is 0 Å². The van der Waals surface area contributed by atoms with E-state index in [1.54, 1.807) is 0 Å². The quantitative estimate of drug-likeness (QED) is 0.621. The van der Waals surface area contributed by atoms with Crippen LogP contribution < -0.4 is 0 Å². The Morgan fingerprint density at radius 3 is 2.42 bits per heavy atom. The van der Waals surface area contributed by atoms with E-state index in [1.165, 1.54) is 0 Å². The Hall–Kier alpha value is -1.66. The number of ether oxygens (including phenoxy) is 1. The zero-order valence-corrected chi connectivity index (χ0v) is 9.93. The van der Waals surface area contributed by atoms with E-state index in [0.29, 0.717) is 6.07 Å². The van der Waals surface area contributed by atoms with Gasteiger partial charge in [-0.3, -0.25) is 4.79 Å². The summed E-state index contributed by atoms with van der Waals surface area (Å²) in [5.41, 5.74) is -2.28. The summed E-state index contributed by atoms with van der Waals surface area (Å²) in [5, 5.41) is 0. The van der Waals surface area contributed by atoms with Gasteiger partial charge in [-0.25, -0.2) is 8.78 Å². The van der Waals surface area contributed by atoms with Gasteiger partial charge >= 0.3 is 12.1 Å². The normalized spacial score (nSPS) is 11.7. The van der Waals surface area contributed by atoms with Crippen LogP contribution in [0.15, 0.2) is 18.2 Å². The maximum atomic E-state index is 12.6. The topological polar surface area (TPSA) is 26.3 Å². The van der Waals surface area contributed by atoms with Gasteiger partial charge in [-0.1, -0.05) is 12.1 Å². The first-order valence-corrected chi connectivity index (χ1v) is 5.30. The van der Waals surface area contributed by atoms with Crippen molar-refractivity contribution in [2.24, 2.45) is 0 Å². The van der Waals surface area contributed by atoms with Crippen LogP contribution >= 0.6 is 0 Å². The van der Waals surface area contributed by atoms with E-state index in [-0.39, 0.29) is 18.4 Å². The molecule has 106 valence electrons. The lowest BCUT2D eigenvalue weighted by Crippen LogP contribution is -2.11. The number of rotatable bonds is 4. The number of hydrogen-bond donors (Lipinski definition) is 0. The predicted molar refractivity (Wildman–Crippen MR) is 56.7 cm³/mol. The van der Waals surface area contributed by atoms with Crippen LogP contribution in [0.2, 0.25) is 0 Å². The Bertz CT molecular complexity index is 454. The van der Waals surface area contributed by atoms with Gasteiger partial charge < -0.3 is 4.74 Å². The third-order valence-corrected chi connectivity index (χ3v) is 2.50. The van der Waals surface area contributed by atoms with E-state index in [9.17, 15) is 26.7 Å². The van der Waals surface area contributed by atoms with Crippen molar-refractivity contribution in [2.75, 3.05) is 7.11 Å². The molecule has 0 saturated heterocycles. The van der Waals surface area contributed by atoms with Gasteiger partial charge in [0.15, 0.2) is 0 Å². The fraction of sp³-hybridized carbons (Fsp3) is 0.417. The molecule has 0 bridgehead atoms. The summed E-state index contributed by atoms with van der Waals surface area (Å²) in [7, 11) is 1.16. The first-order chi connectivity index (χ1) is 8.75. The molecule has 0 spiro atoms. The molecule has 0 aliphatic heterocycles. The molecule has 0 aromatic heterocycles. The lowest BCUT2D eigenvalue weighted by molar-refractivity contribution is -0.140. The maximum Gasteiger partial charge on any atom is 0.416 e. The van der Waals surface area contributed by atoms with Crippen molar-refractivity contribution in [1.82, 2.24) is 0 Å². The van der Waals surface area contributed by atoms with Crippen molar-refractivity contribution in [1.29, 1.82) is 0 Å². The van der Waals surface area contributed by atoms with E-state index in [4.69, 9.17) is 0 Å². The van der Waals surface area contributed by atoms with Crippen LogP contribution in [-0.4, -0.2) is 13.1 Å². The Balaban J connectivity index is 3.02. The standard InChI is InChI=1S/C12H11F5O2/c1-19-10(18)5-3-7-2-4-8(11(13)14)9(6-7)12(15,16)17/h2,4,6,11H,3,5H2,1H3. The summed E-state index contributed by atoms with van der Waals surface area (Å²) in [6.07, 6.45) is -8.17. The summed E-state index contributed by atoms with van der Waals surface area (Å²) in [4.78, 5) is 10.9. The van der Waals surface area contributed by atoms with Crippen LogP contribution in [0.4, 0.5) is 22.0 Å². The van der Waals surface area contributed by atoms with Crippen molar-refractivity contribution < 1.29 is 31.5 Å². The number of carbonyl (C=O) groups is 1. The highest BCUT2D eigenvalue weighted by Gasteiger charge is 2.35. The third kappa shape index (κ3) is 4.18. The summed E-state index contributed by atoms with van der Waals surface area (Å²) < 4.78 is 67.2. The number of halogens is 5. The summed E-state index contributed by atoms with van der Waals surface area (Å²) in [6.45, 7) is 0. The molecule has 0 aliphatic rings. The van der Waals surface area contributed by atoms with Gasteiger partial charge in [-0.05, 0) is 18.1 Å². The molecule has 19 heavy (non-hydrogen) atoms. The van der Waals surface area contributed by atoms with E-state index in [0.717, 1.165) is 19.2 Å². The van der Waals surface area contributed by atoms with Crippen LogP contribution in [0, 0.1) is 0 Å². The van der Waals surface area contributed by atoms with Crippen LogP contribution in [-0.2, 0) is 22.1 Å². The van der Waals surface area contributed by atoms with Crippen molar-refractivity contribution in [3.63, 3.8) is 0 Å². The van der Waals surface area contributed by atoms with E-state index in [2.05, 4.69) is 4.74 Å². The molecule has 0 radical (unpaired) electrons. The van der Waals surface area contributed by atoms with Crippen molar-refractivity contribution >= 4 is 5.97 Å². The Morgan fingerprint density at radius 2 is 1.95 bits per heavy atom. The van der Waals surface area contributed by atoms with E-state index >= 15 is 0 Å². The summed E-state index contributed by atoms with van der Waals surface area (Å²) in [6, 6.07) is 2.53. The van der Waals surface area contributed by atoms with Gasteiger partial charge in [-0.15, -0.1) is 0 Å². The average molecular weight is 282 g/mol. The van der Waals surface area contributed by atoms with Crippen LogP contribution in [0.5, 0.6) is 0 Å². The predicted octanol–water partition coefficient (Wildman–Crippen LogP) is 3.75. The highest BCUT2D eigenvalue weighted by molar-refractivity contribution is 5.69. The van der Waals surface area contributed by atoms with Crippen molar-refractivity contribution in [3.05, 3.63) is 34.9 Å². The maximum absolute atomic E-state index is 12.6. The molecule has 7 heteroatoms. The molecule has 1 rings (SSSR count). The minimum atomic E-state index is -4.85. The van der Waals surface area contributed by atoms with Gasteiger partial charge in [0.2, 0.25) is 0 Å². The lowest BCUT2D eigenvalue weighted by Gasteiger charge is -2.14. The largest absolute Gasteiger partial charge is 0.469 e. The molecule has 0 N–H and O–H groups in total. The minimum absolute atomic E-state index is 0.000723. The molecular formula is C12H11F5O2. The minimum Gasteiger partial charge on any atom is -0.469 e. The highest BCUT2D eigenvalue weighted by atomic mass is 19.4. The number of esters is 1. The van der Waals surface area contributed by atoms with Crippen LogP contribution in [0.25, 0.3) is 0 Å². The fourth-order valence-corrected chi connectivity index (χ4v) is 1.54. The first kappa shape index (κ1) is 15.4. The van der Waals surface area contributed by atoms with Gasteiger partial charge in [0, 0.05) is 12.0 Å². The molecular weight excluding hydrogens is 271 g/mol. The fourth-order valence-electron chi connectivity index (χ4n) is 1.54. The number of methoxy groups -OCH3 is 1. The van der Waals surface area contributed by atoms with Gasteiger partial charge in [-0.2, -0.15) is 13.2 Å². The zero-order chi connectivity index (χ0) is 14.6. The van der Waals surface area contributed by atoms with E-state index in [1.807, 2.05) is 0 Å². The molecule has 1 aromatic rings. The number of alkyl halides is 5. The number of carbonyl (C=O) groups excluding carboxylic acids is 1. The molecule has 0 fully saturated rings. The first-order valence-electron chi connectivity index (χ1n) is 5.30. The molecule has 0 amide bonds. The Labute approximate surface area is 106 Å². The lowest BCUT2D eigenvalue weighted by atomic mass is 10.0. The molecule has 0 atom stereocenters. The smallest absolute Gasteiger partial charge is 0.416 e. The number of aryl methyl sites for hydroxylation is 1. The van der Waals surface area contributed by atoms with Gasteiger partial charge in [0.05, 0.1) is 12.7 Å². The average Bonchev–Trinajstić information content (AvgIpc) is 2.34. The summed E-state index contributed by atoms with van der Waals surface area (Å²) in [5.74, 6) is -0.577. The van der Waals surface area contributed by atoms with Crippen molar-refractivity contribution in [2.45, 2.75) is 25.4 Å². The highest BCUT2D eigenvalue weighted by Crippen LogP contribution is 2.37. The Kier molecular flexibility index (Phi) is 4.85. The second-order valence-electron chi connectivity index (χ2n) is 3.80. The molecule has 0 aliphatic carbocycles.